The molecule has 0 saturated carbocycles. The number of esters is 1. The van der Waals surface area contributed by atoms with Crippen LogP contribution in [0.3, 0.4) is 0 Å². The van der Waals surface area contributed by atoms with E-state index in [9.17, 15) is 23.1 Å². The molecule has 0 unspecified atom stereocenters. The number of anilines is 1. The molecule has 2 fully saturated rings. The van der Waals surface area contributed by atoms with Gasteiger partial charge in [-0.15, -0.1) is 12.4 Å². The minimum absolute atomic E-state index is 0. The summed E-state index contributed by atoms with van der Waals surface area (Å²) in [6, 6.07) is 10.7. The minimum Gasteiger partial charge on any atom is -0.490 e. The Balaban J connectivity index is 0.00000380. The van der Waals surface area contributed by atoms with Crippen LogP contribution in [0.1, 0.15) is 28.8 Å². The Labute approximate surface area is 223 Å². The van der Waals surface area contributed by atoms with Crippen LogP contribution < -0.4 is 15.0 Å². The number of benzene rings is 2. The minimum atomic E-state index is -2.68. The highest BCUT2D eigenvalue weighted by Gasteiger charge is 2.30. The number of nitrogens with one attached hydrogen (secondary N) is 1. The maximum Gasteiger partial charge on any atom is 0.337 e. The van der Waals surface area contributed by atoms with Gasteiger partial charge < -0.3 is 19.7 Å². The number of halogens is 2. The van der Waals surface area contributed by atoms with E-state index in [1.54, 1.807) is 24.3 Å². The Morgan fingerprint density at radius 2 is 1.76 bits per heavy atom. The highest BCUT2D eigenvalue weighted by atomic mass is 35.5. The smallest absolute Gasteiger partial charge is 0.337 e. The SMILES string of the molecule is COC(=O)c1ccc(CN(C(=O)N2CCS(O)(O)CC2)c2ccc(OC3CCNCC3)cc2)c(F)c1.Cl. The highest BCUT2D eigenvalue weighted by Crippen LogP contribution is 2.40. The van der Waals surface area contributed by atoms with E-state index in [2.05, 4.69) is 10.1 Å². The van der Waals surface area contributed by atoms with Crippen molar-refractivity contribution < 1.29 is 32.6 Å². The van der Waals surface area contributed by atoms with Gasteiger partial charge in [-0.25, -0.2) is 14.0 Å². The van der Waals surface area contributed by atoms with Crippen molar-refractivity contribution in [3.63, 3.8) is 0 Å². The van der Waals surface area contributed by atoms with Gasteiger partial charge >= 0.3 is 12.0 Å². The Morgan fingerprint density at radius 3 is 2.35 bits per heavy atom. The van der Waals surface area contributed by atoms with Crippen molar-refractivity contribution in [2.45, 2.75) is 25.5 Å². The highest BCUT2D eigenvalue weighted by molar-refractivity contribution is 8.24. The Kier molecular flexibility index (Phi) is 10.0. The summed E-state index contributed by atoms with van der Waals surface area (Å²) >= 11 is 0. The number of piperidine rings is 1. The molecule has 0 spiro atoms. The Hall–Kier alpha value is -2.57. The van der Waals surface area contributed by atoms with E-state index in [-0.39, 0.29) is 66.8 Å². The number of carbonyl (C=O) groups is 2. The number of hydrogen-bond acceptors (Lipinski definition) is 7. The zero-order chi connectivity index (χ0) is 25.7. The molecule has 2 heterocycles. The van der Waals surface area contributed by atoms with Gasteiger partial charge in [0.05, 0.1) is 30.7 Å². The van der Waals surface area contributed by atoms with Gasteiger partial charge in [-0.3, -0.25) is 14.0 Å². The van der Waals surface area contributed by atoms with Gasteiger partial charge in [0, 0.05) is 24.3 Å². The molecule has 12 heteroatoms. The fraction of sp³-hybridized carbons (Fsp3) is 0.440. The summed E-state index contributed by atoms with van der Waals surface area (Å²) in [7, 11) is -1.45. The molecular weight excluding hydrogens is 525 g/mol. The fourth-order valence-corrected chi connectivity index (χ4v) is 5.49. The topological polar surface area (TPSA) is 112 Å². The van der Waals surface area contributed by atoms with Gasteiger partial charge in [0.2, 0.25) is 0 Å². The first-order valence-corrected chi connectivity index (χ1v) is 13.8. The van der Waals surface area contributed by atoms with Crippen LogP contribution in [0.25, 0.3) is 0 Å². The number of urea groups is 1. The van der Waals surface area contributed by atoms with Crippen molar-refractivity contribution in [3.05, 3.63) is 59.4 Å². The van der Waals surface area contributed by atoms with Crippen molar-refractivity contribution in [3.8, 4) is 5.75 Å². The molecule has 9 nitrogen and oxygen atoms in total. The number of ether oxygens (including phenoxy) is 2. The first-order valence-electron chi connectivity index (χ1n) is 11.9. The van der Waals surface area contributed by atoms with Gasteiger partial charge in [-0.05, 0) is 62.3 Å². The molecule has 0 atom stereocenters. The lowest BCUT2D eigenvalue weighted by atomic mass is 10.1. The van der Waals surface area contributed by atoms with Crippen LogP contribution in [0.15, 0.2) is 42.5 Å². The van der Waals surface area contributed by atoms with Gasteiger partial charge in [0.1, 0.15) is 17.7 Å². The van der Waals surface area contributed by atoms with E-state index in [4.69, 9.17) is 4.74 Å². The molecule has 2 aliphatic heterocycles. The van der Waals surface area contributed by atoms with Crippen LogP contribution in [0, 0.1) is 5.82 Å². The molecule has 2 aromatic carbocycles. The number of hydrogen-bond donors (Lipinski definition) is 3. The maximum atomic E-state index is 14.9. The van der Waals surface area contributed by atoms with E-state index < -0.39 is 22.4 Å². The number of methoxy groups -OCH3 is 1. The van der Waals surface area contributed by atoms with Crippen LogP contribution in [0.2, 0.25) is 0 Å². The normalized spacial score (nSPS) is 18.3. The van der Waals surface area contributed by atoms with Gasteiger partial charge in [-0.2, -0.15) is 10.6 Å². The molecule has 0 bridgehead atoms. The number of carbonyl (C=O) groups excluding carboxylic acids is 2. The van der Waals surface area contributed by atoms with Crippen LogP contribution in [0.5, 0.6) is 5.75 Å². The van der Waals surface area contributed by atoms with Crippen LogP contribution in [-0.2, 0) is 11.3 Å². The van der Waals surface area contributed by atoms with E-state index in [0.717, 1.165) is 32.0 Å². The average Bonchev–Trinajstić information content (AvgIpc) is 2.88. The fourth-order valence-electron chi connectivity index (χ4n) is 4.26. The summed E-state index contributed by atoms with van der Waals surface area (Å²) in [5, 5.41) is 3.30. The van der Waals surface area contributed by atoms with Crippen molar-refractivity contribution in [1.29, 1.82) is 0 Å². The molecular formula is C25H33ClFN3O6S. The number of amides is 2. The lowest BCUT2D eigenvalue weighted by Gasteiger charge is -2.42. The van der Waals surface area contributed by atoms with E-state index in [0.29, 0.717) is 11.4 Å². The predicted molar refractivity (Wildman–Crippen MR) is 144 cm³/mol. The molecule has 3 N–H and O–H groups in total. The quantitative estimate of drug-likeness (QED) is 0.453. The van der Waals surface area contributed by atoms with Crippen molar-refractivity contribution in [2.75, 3.05) is 49.7 Å². The molecule has 37 heavy (non-hydrogen) atoms. The summed E-state index contributed by atoms with van der Waals surface area (Å²) in [5.41, 5.74) is 0.857. The molecule has 0 radical (unpaired) electrons. The Morgan fingerprint density at radius 1 is 1.11 bits per heavy atom. The van der Waals surface area contributed by atoms with E-state index in [1.165, 1.54) is 29.0 Å². The summed E-state index contributed by atoms with van der Waals surface area (Å²) < 4.78 is 45.5. The second kappa shape index (κ2) is 12.8. The molecule has 0 aromatic heterocycles. The third kappa shape index (κ3) is 7.48. The number of nitrogens with zero attached hydrogens (tertiary/aromatic N) is 2. The number of rotatable bonds is 6. The van der Waals surface area contributed by atoms with Crippen molar-refractivity contribution in [1.82, 2.24) is 10.2 Å². The van der Waals surface area contributed by atoms with Gasteiger partial charge in [-0.1, -0.05) is 6.07 Å². The molecule has 2 aliphatic rings. The van der Waals surface area contributed by atoms with E-state index >= 15 is 0 Å². The third-order valence-corrected chi connectivity index (χ3v) is 8.09. The predicted octanol–water partition coefficient (Wildman–Crippen LogP) is 4.36. The second-order valence-electron chi connectivity index (χ2n) is 8.93. The van der Waals surface area contributed by atoms with Gasteiger partial charge in [0.25, 0.3) is 0 Å². The van der Waals surface area contributed by atoms with Crippen LogP contribution in [0.4, 0.5) is 14.9 Å². The zero-order valence-electron chi connectivity index (χ0n) is 20.6. The first-order chi connectivity index (χ1) is 17.3. The monoisotopic (exact) mass is 557 g/mol. The lowest BCUT2D eigenvalue weighted by molar-refractivity contribution is 0.0600. The summed E-state index contributed by atoms with van der Waals surface area (Å²) in [6.45, 7) is 2.13. The summed E-state index contributed by atoms with van der Waals surface area (Å²) in [5.74, 6) is -0.367. The molecule has 2 saturated heterocycles. The average molecular weight is 558 g/mol. The largest absolute Gasteiger partial charge is 0.490 e. The third-order valence-electron chi connectivity index (χ3n) is 6.42. The molecule has 204 valence electrons. The standard InChI is InChI=1S/C25H32FN3O6S.ClH/c1-34-24(30)18-2-3-19(23(26)16-18)17-29(25(31)28-12-14-36(32,33)15-13-28)20-4-6-21(7-5-20)35-22-8-10-27-11-9-22;/h2-7,16,22,27,32-33H,8-15,17H2,1H3;1H. The van der Waals surface area contributed by atoms with Crippen molar-refractivity contribution >= 4 is 40.7 Å². The maximum absolute atomic E-state index is 14.9. The lowest BCUT2D eigenvalue weighted by Crippen LogP contribution is -2.48. The van der Waals surface area contributed by atoms with Crippen LogP contribution >= 0.6 is 23.0 Å². The molecule has 0 aliphatic carbocycles. The van der Waals surface area contributed by atoms with Crippen molar-refractivity contribution in [2.24, 2.45) is 0 Å². The molecule has 4 rings (SSSR count). The molecule has 2 aromatic rings. The Bertz CT molecular complexity index is 1070. The second-order valence-corrected chi connectivity index (χ2v) is 11.3. The van der Waals surface area contributed by atoms with E-state index in [1.807, 2.05) is 0 Å². The van der Waals surface area contributed by atoms with Gasteiger partial charge in [0.15, 0.2) is 0 Å². The summed E-state index contributed by atoms with van der Waals surface area (Å²) in [4.78, 5) is 28.2. The summed E-state index contributed by atoms with van der Waals surface area (Å²) in [6.07, 6.45) is 1.97. The molecule has 2 amide bonds. The zero-order valence-corrected chi connectivity index (χ0v) is 22.2. The van der Waals surface area contributed by atoms with Crippen LogP contribution in [-0.4, -0.2) is 76.9 Å². The first kappa shape index (κ1) is 29.0.